The van der Waals surface area contributed by atoms with Crippen LogP contribution in [0.5, 0.6) is 11.5 Å². The molecule has 0 aliphatic carbocycles. The van der Waals surface area contributed by atoms with E-state index in [1.54, 1.807) is 6.07 Å². The lowest BCUT2D eigenvalue weighted by molar-refractivity contribution is -0.194. The molecule has 6 heteroatoms. The first-order valence-electron chi connectivity index (χ1n) is 12.9. The lowest BCUT2D eigenvalue weighted by Crippen LogP contribution is -2.58. The van der Waals surface area contributed by atoms with Gasteiger partial charge in [0.1, 0.15) is 11.2 Å². The number of para-hydroxylation sites is 1. The van der Waals surface area contributed by atoms with E-state index < -0.39 is 11.2 Å². The predicted octanol–water partition coefficient (Wildman–Crippen LogP) is 5.88. The molecule has 3 heterocycles. The van der Waals surface area contributed by atoms with Gasteiger partial charge in [-0.15, -0.1) is 0 Å². The van der Waals surface area contributed by atoms with E-state index in [4.69, 9.17) is 14.2 Å². The molecule has 2 aromatic rings. The number of fused-ring (bicyclic) bond motifs is 4. The molecule has 0 radical (unpaired) electrons. The number of rotatable bonds is 3. The van der Waals surface area contributed by atoms with Crippen molar-refractivity contribution in [3.63, 3.8) is 0 Å². The molecule has 0 spiro atoms. The topological polar surface area (TPSA) is 68.2 Å². The average molecular weight is 480 g/mol. The summed E-state index contributed by atoms with van der Waals surface area (Å²) in [5, 5.41) is 10.7. The summed E-state index contributed by atoms with van der Waals surface area (Å²) < 4.78 is 19.2. The van der Waals surface area contributed by atoms with Crippen LogP contribution in [0.2, 0.25) is 0 Å². The van der Waals surface area contributed by atoms with Crippen LogP contribution < -0.4 is 4.74 Å². The third-order valence-electron chi connectivity index (χ3n) is 7.82. The first-order valence-corrected chi connectivity index (χ1v) is 12.9. The van der Waals surface area contributed by atoms with Gasteiger partial charge in [-0.1, -0.05) is 49.4 Å². The van der Waals surface area contributed by atoms with Crippen LogP contribution >= 0.6 is 0 Å². The Balaban J connectivity index is 1.47. The quantitative estimate of drug-likeness (QED) is 0.595. The van der Waals surface area contributed by atoms with Crippen molar-refractivity contribution in [2.24, 2.45) is 11.8 Å². The minimum absolute atomic E-state index is 0.0644. The number of likely N-dealkylation sites (tertiary alicyclic amines) is 1. The van der Waals surface area contributed by atoms with Crippen LogP contribution in [0.1, 0.15) is 64.2 Å². The van der Waals surface area contributed by atoms with Crippen molar-refractivity contribution in [1.29, 1.82) is 0 Å². The van der Waals surface area contributed by atoms with Gasteiger partial charge < -0.3 is 24.2 Å². The highest BCUT2D eigenvalue weighted by molar-refractivity contribution is 5.68. The molecule has 3 aliphatic heterocycles. The molecular formula is C29H37NO5. The average Bonchev–Trinajstić information content (AvgIpc) is 2.83. The minimum atomic E-state index is -0.517. The van der Waals surface area contributed by atoms with Gasteiger partial charge in [0.25, 0.3) is 0 Å². The minimum Gasteiger partial charge on any atom is -0.504 e. The number of aromatic hydroxyl groups is 1. The van der Waals surface area contributed by atoms with E-state index in [2.05, 4.69) is 31.2 Å². The first kappa shape index (κ1) is 24.0. The predicted molar refractivity (Wildman–Crippen MR) is 134 cm³/mol. The molecule has 2 fully saturated rings. The molecule has 2 aromatic carbocycles. The highest BCUT2D eigenvalue weighted by Gasteiger charge is 2.55. The zero-order chi connectivity index (χ0) is 24.8. The number of phenols is 1. The first-order chi connectivity index (χ1) is 16.7. The molecule has 0 bridgehead atoms. The van der Waals surface area contributed by atoms with Crippen LogP contribution in [-0.4, -0.2) is 46.5 Å². The Morgan fingerprint density at radius 3 is 2.66 bits per heavy atom. The molecule has 0 unspecified atom stereocenters. The number of hydrogen-bond acceptors (Lipinski definition) is 5. The van der Waals surface area contributed by atoms with Crippen molar-refractivity contribution >= 4 is 6.09 Å². The normalized spacial score (nSPS) is 29.9. The molecule has 0 aromatic heterocycles. The molecule has 1 N–H and O–H groups in total. The summed E-state index contributed by atoms with van der Waals surface area (Å²) in [6, 6.07) is 16.0. The highest BCUT2D eigenvalue weighted by atomic mass is 16.6. The number of piperidine rings is 1. The summed E-state index contributed by atoms with van der Waals surface area (Å²) in [6.45, 7) is 9.11. The smallest absolute Gasteiger partial charge is 0.410 e. The highest BCUT2D eigenvalue weighted by Crippen LogP contribution is 2.56. The zero-order valence-corrected chi connectivity index (χ0v) is 21.2. The summed E-state index contributed by atoms with van der Waals surface area (Å²) in [6.07, 6.45) is 2.85. The Labute approximate surface area is 208 Å². The summed E-state index contributed by atoms with van der Waals surface area (Å²) in [5.41, 5.74) is 1.10. The fourth-order valence-electron chi connectivity index (χ4n) is 6.15. The molecule has 2 saturated heterocycles. The number of benzene rings is 2. The molecule has 5 rings (SSSR count). The van der Waals surface area contributed by atoms with Crippen molar-refractivity contribution in [2.75, 3.05) is 13.1 Å². The number of carbonyl (C=O) groups excluding carboxylic acids is 1. The Morgan fingerprint density at radius 1 is 1.17 bits per heavy atom. The Hall–Kier alpha value is -2.73. The second-order valence-electron chi connectivity index (χ2n) is 11.3. The lowest BCUT2D eigenvalue weighted by atomic mass is 9.66. The number of ether oxygens (including phenoxy) is 3. The maximum Gasteiger partial charge on any atom is 0.410 e. The van der Waals surface area contributed by atoms with E-state index in [-0.39, 0.29) is 35.9 Å². The van der Waals surface area contributed by atoms with E-state index in [0.717, 1.165) is 31.2 Å². The van der Waals surface area contributed by atoms with Crippen molar-refractivity contribution in [3.05, 3.63) is 59.7 Å². The fourth-order valence-corrected chi connectivity index (χ4v) is 6.15. The lowest BCUT2D eigenvalue weighted by Gasteiger charge is -2.55. The number of carbonyl (C=O) groups is 1. The maximum atomic E-state index is 12.8. The Kier molecular flexibility index (Phi) is 6.20. The van der Waals surface area contributed by atoms with Crippen LogP contribution in [0.4, 0.5) is 4.79 Å². The molecule has 1 amide bonds. The van der Waals surface area contributed by atoms with Gasteiger partial charge in [0, 0.05) is 36.9 Å². The maximum absolute atomic E-state index is 12.8. The Bertz CT molecular complexity index is 1060. The van der Waals surface area contributed by atoms with Crippen LogP contribution in [0.15, 0.2) is 48.5 Å². The van der Waals surface area contributed by atoms with Gasteiger partial charge in [-0.3, -0.25) is 0 Å². The van der Waals surface area contributed by atoms with Gasteiger partial charge in [0.05, 0.1) is 12.2 Å². The van der Waals surface area contributed by atoms with Crippen molar-refractivity contribution < 1.29 is 24.1 Å². The van der Waals surface area contributed by atoms with Crippen molar-refractivity contribution in [2.45, 2.75) is 76.8 Å². The molecule has 35 heavy (non-hydrogen) atoms. The van der Waals surface area contributed by atoms with Gasteiger partial charge in [-0.25, -0.2) is 4.79 Å². The molecule has 188 valence electrons. The van der Waals surface area contributed by atoms with Crippen LogP contribution in [-0.2, 0) is 15.9 Å². The number of nitrogens with zero attached hydrogens (tertiary/aromatic N) is 1. The van der Waals surface area contributed by atoms with Gasteiger partial charge in [-0.2, -0.15) is 0 Å². The molecule has 5 atom stereocenters. The van der Waals surface area contributed by atoms with E-state index in [1.165, 1.54) is 5.56 Å². The molecule has 6 nitrogen and oxygen atoms in total. The van der Waals surface area contributed by atoms with Crippen molar-refractivity contribution in [3.8, 4) is 11.5 Å². The third kappa shape index (κ3) is 4.61. The number of amides is 1. The summed E-state index contributed by atoms with van der Waals surface area (Å²) in [4.78, 5) is 14.6. The van der Waals surface area contributed by atoms with Gasteiger partial charge in [-0.05, 0) is 51.7 Å². The van der Waals surface area contributed by atoms with E-state index in [1.807, 2.05) is 43.9 Å². The summed E-state index contributed by atoms with van der Waals surface area (Å²) in [7, 11) is 0. The fraction of sp³-hybridized carbons (Fsp3) is 0.552. The van der Waals surface area contributed by atoms with Gasteiger partial charge >= 0.3 is 6.09 Å². The summed E-state index contributed by atoms with van der Waals surface area (Å²) >= 11 is 0. The SMILES string of the molecule is CC[C@]1(Cc2ccccc2)Oc2c(O)cccc2[C@H]2O[C@H]3CCN(C(=O)OC(C)(C)C)C[C@H]3C[C@@H]21. The van der Waals surface area contributed by atoms with E-state index in [0.29, 0.717) is 18.8 Å². The largest absolute Gasteiger partial charge is 0.504 e. The second kappa shape index (κ2) is 9.05. The zero-order valence-electron chi connectivity index (χ0n) is 21.2. The molecule has 3 aliphatic rings. The van der Waals surface area contributed by atoms with Gasteiger partial charge in [0.2, 0.25) is 0 Å². The molecular weight excluding hydrogens is 442 g/mol. The van der Waals surface area contributed by atoms with Crippen LogP contribution in [0.25, 0.3) is 0 Å². The summed E-state index contributed by atoms with van der Waals surface area (Å²) in [5.74, 6) is 1.02. The van der Waals surface area contributed by atoms with Crippen molar-refractivity contribution in [1.82, 2.24) is 4.90 Å². The van der Waals surface area contributed by atoms with Crippen LogP contribution in [0, 0.1) is 11.8 Å². The monoisotopic (exact) mass is 479 g/mol. The molecule has 0 saturated carbocycles. The number of phenolic OH excluding ortho intramolecular Hbond substituents is 1. The third-order valence-corrected chi connectivity index (χ3v) is 7.82. The van der Waals surface area contributed by atoms with Gasteiger partial charge in [0.15, 0.2) is 11.5 Å². The standard InChI is InChI=1S/C29H37NO5/c1-5-29(17-19-10-7-6-8-11-19)22-16-20-18-30(27(32)35-28(2,3)4)15-14-24(20)33-25(22)21-12-9-13-23(31)26(21)34-29/h6-13,20,22,24-25,31H,5,14-18H2,1-4H3/t20-,22+,24+,25-,29-/m1/s1. The van der Waals surface area contributed by atoms with E-state index >= 15 is 0 Å². The Morgan fingerprint density at radius 2 is 1.94 bits per heavy atom. The second-order valence-corrected chi connectivity index (χ2v) is 11.3. The van der Waals surface area contributed by atoms with E-state index in [9.17, 15) is 9.90 Å². The van der Waals surface area contributed by atoms with Crippen LogP contribution in [0.3, 0.4) is 0 Å². The number of hydrogen-bond donors (Lipinski definition) is 1.